The fourth-order valence-corrected chi connectivity index (χ4v) is 1.66. The van der Waals surface area contributed by atoms with Crippen molar-refractivity contribution in [3.63, 3.8) is 0 Å². The summed E-state index contributed by atoms with van der Waals surface area (Å²) in [5.41, 5.74) is 1.04. The van der Waals surface area contributed by atoms with Crippen molar-refractivity contribution in [2.45, 2.75) is 6.61 Å². The molecule has 2 aromatic carbocycles. The molecule has 0 aromatic heterocycles. The number of hydrogen-bond acceptors (Lipinski definition) is 2. The molecule has 0 N–H and O–H groups in total. The fraction of sp³-hybridized carbons (Fsp3) is 0.200. The van der Waals surface area contributed by atoms with E-state index in [-0.39, 0.29) is 6.61 Å². The monoisotopic (exact) mass is 280 g/mol. The molecule has 0 saturated heterocycles. The number of halogens is 2. The summed E-state index contributed by atoms with van der Waals surface area (Å²) in [6.45, 7) is 0.0572. The van der Waals surface area contributed by atoms with E-state index in [4.69, 9.17) is 21.1 Å². The van der Waals surface area contributed by atoms with Crippen LogP contribution in [0.3, 0.4) is 0 Å². The van der Waals surface area contributed by atoms with Gasteiger partial charge < -0.3 is 9.47 Å². The maximum Gasteiger partial charge on any atom is 0.123 e. The second-order valence-electron chi connectivity index (χ2n) is 3.92. The minimum absolute atomic E-state index is 0.0744. The van der Waals surface area contributed by atoms with Crippen molar-refractivity contribution in [1.29, 1.82) is 0 Å². The molecule has 4 heteroatoms. The zero-order valence-corrected chi connectivity index (χ0v) is 11.1. The normalized spacial score (nSPS) is 10.2. The van der Waals surface area contributed by atoms with Gasteiger partial charge in [0.25, 0.3) is 0 Å². The van der Waals surface area contributed by atoms with E-state index in [0.717, 1.165) is 11.3 Å². The molecule has 2 rings (SSSR count). The zero-order valence-electron chi connectivity index (χ0n) is 10.3. The van der Waals surface area contributed by atoms with Gasteiger partial charge in [0.15, 0.2) is 0 Å². The predicted octanol–water partition coefficient (Wildman–Crippen LogP) is 4.27. The van der Waals surface area contributed by atoms with Crippen LogP contribution in [0.15, 0.2) is 48.5 Å². The van der Waals surface area contributed by atoms with E-state index in [2.05, 4.69) is 0 Å². The highest BCUT2D eigenvalue weighted by Crippen LogP contribution is 2.19. The van der Waals surface area contributed by atoms with Crippen LogP contribution in [0.25, 0.3) is 0 Å². The lowest BCUT2D eigenvalue weighted by molar-refractivity contribution is 0.271. The third-order valence-electron chi connectivity index (χ3n) is 2.49. The number of ether oxygens (including phenoxy) is 2. The first-order chi connectivity index (χ1) is 9.28. The first-order valence-corrected chi connectivity index (χ1v) is 6.32. The third-order valence-corrected chi connectivity index (χ3v) is 2.74. The summed E-state index contributed by atoms with van der Waals surface area (Å²) in [5.74, 6) is 1.37. The molecule has 2 aromatic rings. The van der Waals surface area contributed by atoms with Crippen molar-refractivity contribution in [3.05, 3.63) is 59.1 Å². The number of hydrogen-bond donors (Lipinski definition) is 0. The molecule has 0 aliphatic rings. The standard InChI is InChI=1S/C15H14ClFO2/c16-13-3-1-12(2-4-13)11-19-15-7-5-14(6-8-15)18-10-9-17/h1-8H,9-11H2. The summed E-state index contributed by atoms with van der Waals surface area (Å²) in [6, 6.07) is 14.6. The van der Waals surface area contributed by atoms with Crippen LogP contribution in [0.4, 0.5) is 4.39 Å². The van der Waals surface area contributed by atoms with Gasteiger partial charge in [-0.3, -0.25) is 0 Å². The molecule has 2 nitrogen and oxygen atoms in total. The van der Waals surface area contributed by atoms with Crippen molar-refractivity contribution in [3.8, 4) is 11.5 Å². The summed E-state index contributed by atoms with van der Waals surface area (Å²) >= 11 is 5.81. The van der Waals surface area contributed by atoms with Crippen LogP contribution in [0.5, 0.6) is 11.5 Å². The smallest absolute Gasteiger partial charge is 0.123 e. The lowest BCUT2D eigenvalue weighted by Crippen LogP contribution is -1.99. The summed E-state index contributed by atoms with van der Waals surface area (Å²) in [5, 5.41) is 0.707. The highest BCUT2D eigenvalue weighted by Gasteiger charge is 1.98. The number of rotatable bonds is 6. The molecular weight excluding hydrogens is 267 g/mol. The van der Waals surface area contributed by atoms with Crippen LogP contribution in [0.1, 0.15) is 5.56 Å². The van der Waals surface area contributed by atoms with Crippen molar-refractivity contribution in [1.82, 2.24) is 0 Å². The molecule has 0 spiro atoms. The second-order valence-corrected chi connectivity index (χ2v) is 4.36. The SMILES string of the molecule is FCCOc1ccc(OCc2ccc(Cl)cc2)cc1. The van der Waals surface area contributed by atoms with Crippen LogP contribution in [-0.2, 0) is 6.61 Å². The predicted molar refractivity (Wildman–Crippen MR) is 73.7 cm³/mol. The maximum absolute atomic E-state index is 11.9. The van der Waals surface area contributed by atoms with Crippen LogP contribution in [-0.4, -0.2) is 13.3 Å². The Balaban J connectivity index is 1.87. The Hall–Kier alpha value is -1.74. The first-order valence-electron chi connectivity index (χ1n) is 5.94. The van der Waals surface area contributed by atoms with Gasteiger partial charge in [0, 0.05) is 5.02 Å². The maximum atomic E-state index is 11.9. The Morgan fingerprint density at radius 1 is 0.842 bits per heavy atom. The van der Waals surface area contributed by atoms with E-state index < -0.39 is 6.67 Å². The molecule has 0 aliphatic carbocycles. The Bertz CT molecular complexity index is 497. The quantitative estimate of drug-likeness (QED) is 0.787. The molecular formula is C15H14ClFO2. The molecule has 0 atom stereocenters. The third kappa shape index (κ3) is 4.45. The van der Waals surface area contributed by atoms with Crippen LogP contribution < -0.4 is 9.47 Å². The summed E-state index contributed by atoms with van der Waals surface area (Å²) < 4.78 is 22.7. The number of benzene rings is 2. The molecule has 19 heavy (non-hydrogen) atoms. The first kappa shape index (κ1) is 13.7. The Morgan fingerprint density at radius 3 is 2.00 bits per heavy atom. The van der Waals surface area contributed by atoms with E-state index >= 15 is 0 Å². The van der Waals surface area contributed by atoms with Crippen LogP contribution in [0, 0.1) is 0 Å². The Kier molecular flexibility index (Phi) is 5.04. The van der Waals surface area contributed by atoms with Gasteiger partial charge in [-0.05, 0) is 42.0 Å². The van der Waals surface area contributed by atoms with Gasteiger partial charge in [-0.25, -0.2) is 4.39 Å². The summed E-state index contributed by atoms with van der Waals surface area (Å²) in [6.07, 6.45) is 0. The molecule has 0 radical (unpaired) electrons. The second kappa shape index (κ2) is 7.00. The van der Waals surface area contributed by atoms with E-state index in [1.165, 1.54) is 0 Å². The van der Waals surface area contributed by atoms with Crippen molar-refractivity contribution in [2.75, 3.05) is 13.3 Å². The molecule has 0 amide bonds. The highest BCUT2D eigenvalue weighted by atomic mass is 35.5. The topological polar surface area (TPSA) is 18.5 Å². The molecule has 0 saturated carbocycles. The molecule has 0 heterocycles. The molecule has 0 aliphatic heterocycles. The van der Waals surface area contributed by atoms with Gasteiger partial charge in [0.2, 0.25) is 0 Å². The summed E-state index contributed by atoms with van der Waals surface area (Å²) in [7, 11) is 0. The van der Waals surface area contributed by atoms with Gasteiger partial charge in [-0.15, -0.1) is 0 Å². The molecule has 100 valence electrons. The Morgan fingerprint density at radius 2 is 1.42 bits per heavy atom. The van der Waals surface area contributed by atoms with Gasteiger partial charge in [-0.2, -0.15) is 0 Å². The molecule has 0 unspecified atom stereocenters. The van der Waals surface area contributed by atoms with Crippen LogP contribution in [0.2, 0.25) is 5.02 Å². The van der Waals surface area contributed by atoms with Crippen molar-refractivity contribution in [2.24, 2.45) is 0 Å². The number of alkyl halides is 1. The van der Waals surface area contributed by atoms with E-state index in [0.29, 0.717) is 17.4 Å². The summed E-state index contributed by atoms with van der Waals surface area (Å²) in [4.78, 5) is 0. The van der Waals surface area contributed by atoms with Gasteiger partial charge in [-0.1, -0.05) is 23.7 Å². The van der Waals surface area contributed by atoms with E-state index in [1.807, 2.05) is 24.3 Å². The lowest BCUT2D eigenvalue weighted by atomic mass is 10.2. The lowest BCUT2D eigenvalue weighted by Gasteiger charge is -2.08. The van der Waals surface area contributed by atoms with Gasteiger partial charge >= 0.3 is 0 Å². The molecule has 0 fully saturated rings. The average molecular weight is 281 g/mol. The minimum atomic E-state index is -0.491. The minimum Gasteiger partial charge on any atom is -0.491 e. The molecule has 0 bridgehead atoms. The van der Waals surface area contributed by atoms with Crippen molar-refractivity contribution >= 4 is 11.6 Å². The van der Waals surface area contributed by atoms with Crippen molar-refractivity contribution < 1.29 is 13.9 Å². The highest BCUT2D eigenvalue weighted by molar-refractivity contribution is 6.30. The zero-order chi connectivity index (χ0) is 13.5. The van der Waals surface area contributed by atoms with Crippen LogP contribution >= 0.6 is 11.6 Å². The average Bonchev–Trinajstić information content (AvgIpc) is 2.46. The van der Waals surface area contributed by atoms with Gasteiger partial charge in [0.05, 0.1) is 0 Å². The van der Waals surface area contributed by atoms with Gasteiger partial charge in [0.1, 0.15) is 31.4 Å². The van der Waals surface area contributed by atoms with E-state index in [9.17, 15) is 4.39 Å². The fourth-order valence-electron chi connectivity index (χ4n) is 1.54. The van der Waals surface area contributed by atoms with E-state index in [1.54, 1.807) is 24.3 Å². The Labute approximate surface area is 116 Å². The largest absolute Gasteiger partial charge is 0.491 e.